The van der Waals surface area contributed by atoms with Crippen LogP contribution in [0, 0.1) is 5.92 Å². The van der Waals surface area contributed by atoms with E-state index in [1.54, 1.807) is 12.1 Å². The van der Waals surface area contributed by atoms with E-state index in [0.717, 1.165) is 23.5 Å². The predicted octanol–water partition coefficient (Wildman–Crippen LogP) is 7.85. The zero-order chi connectivity index (χ0) is 20.9. The van der Waals surface area contributed by atoms with Crippen LogP contribution < -0.4 is 4.74 Å². The third-order valence-electron chi connectivity index (χ3n) is 5.79. The van der Waals surface area contributed by atoms with Crippen LogP contribution in [0.2, 0.25) is 0 Å². The van der Waals surface area contributed by atoms with Gasteiger partial charge >= 0.3 is 5.97 Å². The first kappa shape index (κ1) is 23.3. The van der Waals surface area contributed by atoms with Gasteiger partial charge in [-0.2, -0.15) is 0 Å². The summed E-state index contributed by atoms with van der Waals surface area (Å²) in [5, 5.41) is 9.79. The first-order chi connectivity index (χ1) is 14.1. The molecule has 1 N–H and O–H groups in total. The topological polar surface area (TPSA) is 59.7 Å². The van der Waals surface area contributed by atoms with E-state index >= 15 is 0 Å². The van der Waals surface area contributed by atoms with E-state index in [4.69, 9.17) is 14.3 Å². The largest absolute Gasteiger partial charge is 0.494 e. The number of carboxylic acids is 1. The first-order valence-corrected chi connectivity index (χ1v) is 11.5. The number of hydrogen-bond acceptors (Lipinski definition) is 3. The fraction of sp³-hybridized carbons (Fsp3) is 0.640. The third-order valence-corrected chi connectivity index (χ3v) is 5.79. The van der Waals surface area contributed by atoms with Crippen molar-refractivity contribution in [1.29, 1.82) is 0 Å². The van der Waals surface area contributed by atoms with Crippen molar-refractivity contribution in [1.82, 2.24) is 0 Å². The Morgan fingerprint density at radius 1 is 0.966 bits per heavy atom. The quantitative estimate of drug-likeness (QED) is 0.290. The van der Waals surface area contributed by atoms with E-state index in [2.05, 4.69) is 13.8 Å². The lowest BCUT2D eigenvalue weighted by Gasteiger charge is -2.15. The molecule has 0 fully saturated rings. The summed E-state index contributed by atoms with van der Waals surface area (Å²) in [5.41, 5.74) is 0.576. The molecule has 4 nitrogen and oxygen atoms in total. The van der Waals surface area contributed by atoms with Gasteiger partial charge in [-0.25, -0.2) is 4.79 Å². The van der Waals surface area contributed by atoms with Gasteiger partial charge < -0.3 is 14.3 Å². The van der Waals surface area contributed by atoms with Crippen LogP contribution in [-0.4, -0.2) is 17.7 Å². The van der Waals surface area contributed by atoms with E-state index in [1.807, 2.05) is 12.1 Å². The summed E-state index contributed by atoms with van der Waals surface area (Å²) >= 11 is 0. The molecule has 1 aromatic carbocycles. The molecule has 0 amide bonds. The highest BCUT2D eigenvalue weighted by Gasteiger charge is 2.11. The number of aromatic carboxylic acids is 1. The number of unbranched alkanes of at least 4 members (excludes halogenated alkanes) is 8. The minimum atomic E-state index is -1.05. The van der Waals surface area contributed by atoms with Crippen molar-refractivity contribution in [3.05, 3.63) is 30.0 Å². The molecule has 1 atom stereocenters. The molecular weight excluding hydrogens is 364 g/mol. The number of furan rings is 1. The number of rotatable bonds is 16. The van der Waals surface area contributed by atoms with Gasteiger partial charge in [0.25, 0.3) is 0 Å². The molecule has 162 valence electrons. The smallest absolute Gasteiger partial charge is 0.371 e. The van der Waals surface area contributed by atoms with E-state index in [0.29, 0.717) is 12.2 Å². The predicted molar refractivity (Wildman–Crippen MR) is 119 cm³/mol. The minimum absolute atomic E-state index is 0.0378. The van der Waals surface area contributed by atoms with Crippen molar-refractivity contribution in [2.24, 2.45) is 5.92 Å². The van der Waals surface area contributed by atoms with Crippen molar-refractivity contribution in [2.75, 3.05) is 6.61 Å². The molecule has 0 bridgehead atoms. The Bertz CT molecular complexity index is 719. The molecule has 0 spiro atoms. The molecule has 0 saturated heterocycles. The summed E-state index contributed by atoms with van der Waals surface area (Å²) < 4.78 is 11.2. The van der Waals surface area contributed by atoms with Gasteiger partial charge in [0, 0.05) is 5.39 Å². The van der Waals surface area contributed by atoms with E-state index in [1.165, 1.54) is 70.6 Å². The van der Waals surface area contributed by atoms with Crippen molar-refractivity contribution in [3.8, 4) is 5.75 Å². The number of carbonyl (C=O) groups is 1. The van der Waals surface area contributed by atoms with Gasteiger partial charge in [-0.3, -0.25) is 0 Å². The molecule has 29 heavy (non-hydrogen) atoms. The number of hydrogen-bond donors (Lipinski definition) is 1. The SMILES string of the molecule is CCCCCCCCCCCC(CC)CCOc1ccc2oc(C(=O)O)cc2c1. The molecule has 0 radical (unpaired) electrons. The first-order valence-electron chi connectivity index (χ1n) is 11.5. The molecule has 0 aliphatic heterocycles. The molecule has 0 aliphatic carbocycles. The zero-order valence-electron chi connectivity index (χ0n) is 18.3. The number of ether oxygens (including phenoxy) is 1. The Kier molecular flexibility index (Phi) is 10.7. The number of benzene rings is 1. The number of carboxylic acid groups (broad SMARTS) is 1. The van der Waals surface area contributed by atoms with Crippen LogP contribution in [0.3, 0.4) is 0 Å². The summed E-state index contributed by atoms with van der Waals surface area (Å²) in [6, 6.07) is 7.02. The Morgan fingerprint density at radius 3 is 2.31 bits per heavy atom. The lowest BCUT2D eigenvalue weighted by Crippen LogP contribution is -2.06. The lowest BCUT2D eigenvalue weighted by molar-refractivity contribution is 0.0665. The van der Waals surface area contributed by atoms with E-state index < -0.39 is 5.97 Å². The second-order valence-electron chi connectivity index (χ2n) is 8.14. The molecule has 2 aromatic rings. The van der Waals surface area contributed by atoms with Gasteiger partial charge in [-0.1, -0.05) is 84.5 Å². The normalized spacial score (nSPS) is 12.3. The van der Waals surface area contributed by atoms with Crippen molar-refractivity contribution in [2.45, 2.75) is 90.9 Å². The standard InChI is InChI=1S/C25H38O4/c1-3-5-6-7-8-9-10-11-12-13-20(4-2)16-17-28-22-14-15-23-21(18-22)19-24(29-23)25(26)27/h14-15,18-20H,3-13,16-17H2,1-2H3,(H,26,27). The van der Waals surface area contributed by atoms with Crippen LogP contribution in [0.25, 0.3) is 11.0 Å². The van der Waals surface area contributed by atoms with Crippen molar-refractivity contribution < 1.29 is 19.1 Å². The van der Waals surface area contributed by atoms with E-state index in [9.17, 15) is 4.79 Å². The van der Waals surface area contributed by atoms with Crippen LogP contribution in [-0.2, 0) is 0 Å². The van der Waals surface area contributed by atoms with Gasteiger partial charge in [0.1, 0.15) is 11.3 Å². The zero-order valence-corrected chi connectivity index (χ0v) is 18.3. The molecule has 1 aromatic heterocycles. The summed E-state index contributed by atoms with van der Waals surface area (Å²) in [4.78, 5) is 11.0. The van der Waals surface area contributed by atoms with Crippen molar-refractivity contribution in [3.63, 3.8) is 0 Å². The van der Waals surface area contributed by atoms with Crippen LogP contribution >= 0.6 is 0 Å². The molecule has 2 rings (SSSR count). The Morgan fingerprint density at radius 2 is 1.66 bits per heavy atom. The maximum atomic E-state index is 11.0. The number of fused-ring (bicyclic) bond motifs is 1. The lowest BCUT2D eigenvalue weighted by atomic mass is 9.95. The maximum absolute atomic E-state index is 11.0. The van der Waals surface area contributed by atoms with Crippen LogP contribution in [0.15, 0.2) is 28.7 Å². The molecule has 1 unspecified atom stereocenters. The van der Waals surface area contributed by atoms with Gasteiger partial charge in [0.2, 0.25) is 5.76 Å². The second kappa shape index (κ2) is 13.3. The average Bonchev–Trinajstić information content (AvgIpc) is 3.15. The Balaban J connectivity index is 1.61. The summed E-state index contributed by atoms with van der Waals surface area (Å²) in [6.07, 6.45) is 15.9. The Labute approximate surface area is 175 Å². The van der Waals surface area contributed by atoms with Crippen molar-refractivity contribution >= 4 is 16.9 Å². The monoisotopic (exact) mass is 402 g/mol. The fourth-order valence-corrected chi connectivity index (χ4v) is 3.86. The van der Waals surface area contributed by atoms with Gasteiger partial charge in [-0.05, 0) is 36.6 Å². The molecule has 1 heterocycles. The van der Waals surface area contributed by atoms with Crippen LogP contribution in [0.4, 0.5) is 0 Å². The molecular formula is C25H38O4. The summed E-state index contributed by atoms with van der Waals surface area (Å²) in [5.74, 6) is 0.402. The van der Waals surface area contributed by atoms with Gasteiger partial charge in [0.15, 0.2) is 0 Å². The second-order valence-corrected chi connectivity index (χ2v) is 8.14. The highest BCUT2D eigenvalue weighted by molar-refractivity contribution is 5.91. The molecule has 0 saturated carbocycles. The van der Waals surface area contributed by atoms with E-state index in [-0.39, 0.29) is 5.76 Å². The summed E-state index contributed by atoms with van der Waals surface area (Å²) in [6.45, 7) is 5.23. The van der Waals surface area contributed by atoms with Gasteiger partial charge in [-0.15, -0.1) is 0 Å². The van der Waals surface area contributed by atoms with Crippen LogP contribution in [0.5, 0.6) is 5.75 Å². The van der Waals surface area contributed by atoms with Gasteiger partial charge in [0.05, 0.1) is 6.61 Å². The average molecular weight is 403 g/mol. The highest BCUT2D eigenvalue weighted by Crippen LogP contribution is 2.25. The van der Waals surface area contributed by atoms with Crippen LogP contribution in [0.1, 0.15) is 101 Å². The minimum Gasteiger partial charge on any atom is -0.494 e. The molecule has 0 aliphatic rings. The highest BCUT2D eigenvalue weighted by atomic mass is 16.5. The fourth-order valence-electron chi connectivity index (χ4n) is 3.86. The third kappa shape index (κ3) is 8.51. The maximum Gasteiger partial charge on any atom is 0.371 e. The Hall–Kier alpha value is -1.97. The summed E-state index contributed by atoms with van der Waals surface area (Å²) in [7, 11) is 0. The molecule has 4 heteroatoms.